The Kier molecular flexibility index (Phi) is 7.46. The summed E-state index contributed by atoms with van der Waals surface area (Å²) in [6, 6.07) is 0.425. The molecular formula is C10H16N2O2S3. The van der Waals surface area contributed by atoms with Crippen molar-refractivity contribution < 1.29 is 9.53 Å². The molecule has 0 aliphatic carbocycles. The zero-order valence-corrected chi connectivity index (χ0v) is 11.9. The van der Waals surface area contributed by atoms with Crippen LogP contribution in [0.3, 0.4) is 0 Å². The van der Waals surface area contributed by atoms with E-state index in [2.05, 4.69) is 17.2 Å². The van der Waals surface area contributed by atoms with E-state index in [0.717, 1.165) is 22.7 Å². The lowest BCUT2D eigenvalue weighted by Crippen LogP contribution is -2.46. The zero-order chi connectivity index (χ0) is 12.5. The van der Waals surface area contributed by atoms with Crippen molar-refractivity contribution >= 4 is 46.8 Å². The fourth-order valence-corrected chi connectivity index (χ4v) is 3.81. The van der Waals surface area contributed by atoms with Crippen LogP contribution >= 0.6 is 35.7 Å². The second-order valence-electron chi connectivity index (χ2n) is 3.33. The molecule has 4 nitrogen and oxygen atoms in total. The van der Waals surface area contributed by atoms with Gasteiger partial charge >= 0.3 is 5.97 Å². The molecule has 1 heterocycles. The molecule has 0 aromatic heterocycles. The molecule has 1 rings (SSSR count). The highest BCUT2D eigenvalue weighted by atomic mass is 32.2. The van der Waals surface area contributed by atoms with Crippen molar-refractivity contribution in [1.29, 1.82) is 0 Å². The highest BCUT2D eigenvalue weighted by Crippen LogP contribution is 2.20. The Labute approximate surface area is 115 Å². The molecule has 0 bridgehead atoms. The van der Waals surface area contributed by atoms with Crippen LogP contribution in [0, 0.1) is 0 Å². The summed E-state index contributed by atoms with van der Waals surface area (Å²) in [5.41, 5.74) is 0. The van der Waals surface area contributed by atoms with Crippen molar-refractivity contribution in [2.75, 3.05) is 29.7 Å². The minimum absolute atomic E-state index is 0.292. The SMILES string of the molecule is C=CC(=O)OCCNC(=S)NC1CSCSC1. The van der Waals surface area contributed by atoms with Gasteiger partial charge in [-0.15, -0.1) is 23.5 Å². The molecule has 2 N–H and O–H groups in total. The predicted molar refractivity (Wildman–Crippen MR) is 78.5 cm³/mol. The van der Waals surface area contributed by atoms with Crippen LogP contribution in [0.1, 0.15) is 0 Å². The molecule has 1 aliphatic heterocycles. The fourth-order valence-electron chi connectivity index (χ4n) is 1.18. The number of nitrogens with one attached hydrogen (secondary N) is 2. The van der Waals surface area contributed by atoms with Gasteiger partial charge in [-0.2, -0.15) is 0 Å². The van der Waals surface area contributed by atoms with Crippen molar-refractivity contribution in [3.05, 3.63) is 12.7 Å². The van der Waals surface area contributed by atoms with Gasteiger partial charge in [-0.05, 0) is 12.2 Å². The summed E-state index contributed by atoms with van der Waals surface area (Å²) < 4.78 is 4.82. The lowest BCUT2D eigenvalue weighted by atomic mass is 10.4. The maximum absolute atomic E-state index is 10.8. The number of esters is 1. The number of rotatable bonds is 5. The van der Waals surface area contributed by atoms with Gasteiger partial charge in [-0.1, -0.05) is 6.58 Å². The molecule has 0 aromatic carbocycles. The first-order valence-corrected chi connectivity index (χ1v) is 7.93. The Morgan fingerprint density at radius 1 is 1.53 bits per heavy atom. The summed E-state index contributed by atoms with van der Waals surface area (Å²) in [7, 11) is 0. The molecule has 0 spiro atoms. The summed E-state index contributed by atoms with van der Waals surface area (Å²) in [6.45, 7) is 4.12. The molecule has 0 aromatic rings. The van der Waals surface area contributed by atoms with Crippen molar-refractivity contribution in [2.45, 2.75) is 6.04 Å². The standard InChI is InChI=1S/C10H16N2O2S3/c1-2-9(13)14-4-3-11-10(15)12-8-5-16-7-17-6-8/h2,8H,1,3-7H2,(H2,11,12,15). The number of thioether (sulfide) groups is 2. The summed E-state index contributed by atoms with van der Waals surface area (Å²) in [5.74, 6) is 1.76. The van der Waals surface area contributed by atoms with Gasteiger partial charge in [0.15, 0.2) is 5.11 Å². The Balaban J connectivity index is 2.04. The second kappa shape index (κ2) is 8.66. The van der Waals surface area contributed by atoms with Gasteiger partial charge in [0.1, 0.15) is 6.61 Å². The minimum Gasteiger partial charge on any atom is -0.461 e. The van der Waals surface area contributed by atoms with Crippen molar-refractivity contribution in [1.82, 2.24) is 10.6 Å². The molecule has 0 amide bonds. The molecule has 1 fully saturated rings. The Hall–Kier alpha value is -0.400. The van der Waals surface area contributed by atoms with Crippen molar-refractivity contribution in [2.24, 2.45) is 0 Å². The average Bonchev–Trinajstić information content (AvgIpc) is 2.35. The number of hydrogen-bond donors (Lipinski definition) is 2. The van der Waals surface area contributed by atoms with Crippen LogP contribution in [-0.4, -0.2) is 46.9 Å². The van der Waals surface area contributed by atoms with Gasteiger partial charge in [-0.3, -0.25) is 0 Å². The monoisotopic (exact) mass is 292 g/mol. The van der Waals surface area contributed by atoms with E-state index in [1.807, 2.05) is 23.5 Å². The van der Waals surface area contributed by atoms with Crippen LogP contribution in [-0.2, 0) is 9.53 Å². The number of carbonyl (C=O) groups is 1. The maximum atomic E-state index is 10.8. The molecule has 0 radical (unpaired) electrons. The van der Waals surface area contributed by atoms with Crippen LogP contribution in [0.5, 0.6) is 0 Å². The van der Waals surface area contributed by atoms with Gasteiger partial charge in [0.2, 0.25) is 0 Å². The second-order valence-corrected chi connectivity index (χ2v) is 6.16. The van der Waals surface area contributed by atoms with E-state index >= 15 is 0 Å². The highest BCUT2D eigenvalue weighted by Gasteiger charge is 2.14. The van der Waals surface area contributed by atoms with E-state index < -0.39 is 5.97 Å². The maximum Gasteiger partial charge on any atom is 0.330 e. The quantitative estimate of drug-likeness (QED) is 0.339. The summed E-state index contributed by atoms with van der Waals surface area (Å²) in [4.78, 5) is 10.8. The third kappa shape index (κ3) is 6.80. The summed E-state index contributed by atoms with van der Waals surface area (Å²) >= 11 is 8.97. The molecular weight excluding hydrogens is 276 g/mol. The van der Waals surface area contributed by atoms with Crippen molar-refractivity contribution in [3.8, 4) is 0 Å². The van der Waals surface area contributed by atoms with E-state index in [1.165, 1.54) is 0 Å². The molecule has 1 saturated heterocycles. The first-order chi connectivity index (χ1) is 8.22. The number of carbonyl (C=O) groups excluding carboxylic acids is 1. The Morgan fingerprint density at radius 2 is 2.24 bits per heavy atom. The lowest BCUT2D eigenvalue weighted by molar-refractivity contribution is -0.137. The van der Waals surface area contributed by atoms with Crippen LogP contribution in [0.15, 0.2) is 12.7 Å². The average molecular weight is 292 g/mol. The normalized spacial score (nSPS) is 16.0. The van der Waals surface area contributed by atoms with E-state index in [-0.39, 0.29) is 0 Å². The summed E-state index contributed by atoms with van der Waals surface area (Å²) in [5, 5.41) is 8.02. The van der Waals surface area contributed by atoms with Gasteiger partial charge in [0.25, 0.3) is 0 Å². The van der Waals surface area contributed by atoms with Crippen LogP contribution < -0.4 is 10.6 Å². The molecule has 1 aliphatic rings. The molecule has 96 valence electrons. The van der Waals surface area contributed by atoms with Crippen molar-refractivity contribution in [3.63, 3.8) is 0 Å². The first kappa shape index (κ1) is 14.7. The summed E-state index contributed by atoms with van der Waals surface area (Å²) in [6.07, 6.45) is 1.15. The van der Waals surface area contributed by atoms with E-state index in [9.17, 15) is 4.79 Å². The highest BCUT2D eigenvalue weighted by molar-refractivity contribution is 8.16. The van der Waals surface area contributed by atoms with Gasteiger partial charge in [-0.25, -0.2) is 4.79 Å². The Bertz CT molecular complexity index is 281. The molecule has 7 heteroatoms. The van der Waals surface area contributed by atoms with E-state index in [0.29, 0.717) is 24.3 Å². The zero-order valence-electron chi connectivity index (χ0n) is 9.44. The lowest BCUT2D eigenvalue weighted by Gasteiger charge is -2.23. The van der Waals surface area contributed by atoms with Crippen LogP contribution in [0.4, 0.5) is 0 Å². The van der Waals surface area contributed by atoms with Gasteiger partial charge in [0.05, 0.1) is 6.54 Å². The largest absolute Gasteiger partial charge is 0.461 e. The molecule has 17 heavy (non-hydrogen) atoms. The van der Waals surface area contributed by atoms with E-state index in [1.54, 1.807) is 0 Å². The third-order valence-electron chi connectivity index (χ3n) is 1.94. The topological polar surface area (TPSA) is 50.4 Å². The predicted octanol–water partition coefficient (Wildman–Crippen LogP) is 0.986. The third-order valence-corrected chi connectivity index (χ3v) is 4.81. The fraction of sp³-hybridized carbons (Fsp3) is 0.600. The van der Waals surface area contributed by atoms with Crippen LogP contribution in [0.2, 0.25) is 0 Å². The number of thiocarbonyl (C=S) groups is 1. The molecule has 0 atom stereocenters. The van der Waals surface area contributed by atoms with E-state index in [4.69, 9.17) is 17.0 Å². The number of ether oxygens (including phenoxy) is 1. The first-order valence-electron chi connectivity index (χ1n) is 5.21. The number of hydrogen-bond acceptors (Lipinski definition) is 5. The Morgan fingerprint density at radius 3 is 2.88 bits per heavy atom. The van der Waals surface area contributed by atoms with Crippen LogP contribution in [0.25, 0.3) is 0 Å². The smallest absolute Gasteiger partial charge is 0.330 e. The minimum atomic E-state index is -0.411. The molecule has 0 unspecified atom stereocenters. The van der Waals surface area contributed by atoms with Gasteiger partial charge in [0, 0.05) is 28.7 Å². The molecule has 0 saturated carbocycles. The van der Waals surface area contributed by atoms with Gasteiger partial charge < -0.3 is 15.4 Å².